The summed E-state index contributed by atoms with van der Waals surface area (Å²) in [6.07, 6.45) is 0. The zero-order valence-corrected chi connectivity index (χ0v) is 18.5. The fraction of sp³-hybridized carbons (Fsp3) is 0.417. The quantitative estimate of drug-likeness (QED) is 0.547. The minimum absolute atomic E-state index is 0.101. The molecule has 0 bridgehead atoms. The summed E-state index contributed by atoms with van der Waals surface area (Å²) in [6.45, 7) is 9.70. The molecule has 1 atom stereocenters. The molecule has 1 saturated heterocycles. The van der Waals surface area contributed by atoms with Gasteiger partial charge in [0.05, 0.1) is 13.2 Å². The minimum atomic E-state index is 0.101. The van der Waals surface area contributed by atoms with E-state index in [0.717, 1.165) is 49.8 Å². The van der Waals surface area contributed by atoms with Crippen LogP contribution in [0.4, 0.5) is 0 Å². The van der Waals surface area contributed by atoms with Crippen molar-refractivity contribution >= 4 is 0 Å². The standard InChI is InChI=1S/C24H30N4O3/c1-18-4-6-20(7-5-18)24-26-25-23(31-24)19(2)28-14-12-27(13-15-28)16-17-30-22-10-8-21(29-3)9-11-22/h4-11,19H,12-17H2,1-3H3/t19-/m1/s1. The van der Waals surface area contributed by atoms with Crippen LogP contribution < -0.4 is 9.47 Å². The van der Waals surface area contributed by atoms with Crippen molar-refractivity contribution in [2.75, 3.05) is 46.4 Å². The fourth-order valence-corrected chi connectivity index (χ4v) is 3.71. The molecule has 0 saturated carbocycles. The van der Waals surface area contributed by atoms with Crippen molar-refractivity contribution < 1.29 is 13.9 Å². The maximum absolute atomic E-state index is 5.98. The lowest BCUT2D eigenvalue weighted by Gasteiger charge is -2.36. The van der Waals surface area contributed by atoms with Crippen LogP contribution in [-0.4, -0.2) is 66.4 Å². The number of methoxy groups -OCH3 is 1. The van der Waals surface area contributed by atoms with Gasteiger partial charge in [-0.25, -0.2) is 0 Å². The van der Waals surface area contributed by atoms with Gasteiger partial charge in [0.15, 0.2) is 0 Å². The normalized spacial score (nSPS) is 16.2. The Morgan fingerprint density at radius 2 is 1.61 bits per heavy atom. The number of hydrogen-bond acceptors (Lipinski definition) is 7. The molecule has 164 valence electrons. The van der Waals surface area contributed by atoms with Crippen LogP contribution in [0.3, 0.4) is 0 Å². The fourth-order valence-electron chi connectivity index (χ4n) is 3.71. The van der Waals surface area contributed by atoms with E-state index in [1.807, 2.05) is 36.4 Å². The molecule has 0 N–H and O–H groups in total. The van der Waals surface area contributed by atoms with Crippen molar-refractivity contribution in [2.24, 2.45) is 0 Å². The van der Waals surface area contributed by atoms with Gasteiger partial charge in [-0.05, 0) is 50.2 Å². The molecule has 1 fully saturated rings. The van der Waals surface area contributed by atoms with Crippen molar-refractivity contribution in [1.29, 1.82) is 0 Å². The number of hydrogen-bond donors (Lipinski definition) is 0. The van der Waals surface area contributed by atoms with Crippen LogP contribution in [0.1, 0.15) is 24.4 Å². The van der Waals surface area contributed by atoms with Crippen molar-refractivity contribution in [3.8, 4) is 23.0 Å². The molecular formula is C24H30N4O3. The predicted octanol–water partition coefficient (Wildman–Crippen LogP) is 3.81. The Hall–Kier alpha value is -2.90. The number of ether oxygens (including phenoxy) is 2. The van der Waals surface area contributed by atoms with Gasteiger partial charge in [-0.2, -0.15) is 0 Å². The molecule has 0 aliphatic carbocycles. The number of aromatic nitrogens is 2. The van der Waals surface area contributed by atoms with Gasteiger partial charge in [-0.15, -0.1) is 10.2 Å². The van der Waals surface area contributed by atoms with E-state index in [0.29, 0.717) is 18.4 Å². The minimum Gasteiger partial charge on any atom is -0.497 e. The zero-order valence-electron chi connectivity index (χ0n) is 18.5. The molecule has 0 radical (unpaired) electrons. The van der Waals surface area contributed by atoms with Gasteiger partial charge in [-0.3, -0.25) is 9.80 Å². The van der Waals surface area contributed by atoms with Crippen molar-refractivity contribution in [1.82, 2.24) is 20.0 Å². The van der Waals surface area contributed by atoms with Crippen molar-refractivity contribution in [3.63, 3.8) is 0 Å². The number of aryl methyl sites for hydroxylation is 1. The first-order valence-corrected chi connectivity index (χ1v) is 10.8. The Kier molecular flexibility index (Phi) is 6.84. The highest BCUT2D eigenvalue weighted by molar-refractivity contribution is 5.52. The Bertz CT molecular complexity index is 948. The third kappa shape index (κ3) is 5.42. The zero-order chi connectivity index (χ0) is 21.6. The van der Waals surface area contributed by atoms with Gasteiger partial charge >= 0.3 is 0 Å². The Morgan fingerprint density at radius 1 is 0.935 bits per heavy atom. The lowest BCUT2D eigenvalue weighted by atomic mass is 10.1. The number of piperazine rings is 1. The van der Waals surface area contributed by atoms with Crippen LogP contribution in [0.15, 0.2) is 52.9 Å². The van der Waals surface area contributed by atoms with Gasteiger partial charge < -0.3 is 13.9 Å². The highest BCUT2D eigenvalue weighted by Crippen LogP contribution is 2.25. The topological polar surface area (TPSA) is 63.9 Å². The molecule has 7 nitrogen and oxygen atoms in total. The molecule has 2 heterocycles. The first kappa shape index (κ1) is 21.3. The number of benzene rings is 2. The molecule has 0 amide bonds. The number of rotatable bonds is 8. The monoisotopic (exact) mass is 422 g/mol. The largest absolute Gasteiger partial charge is 0.497 e. The number of nitrogens with zero attached hydrogens (tertiary/aromatic N) is 4. The second kappa shape index (κ2) is 9.94. The van der Waals surface area contributed by atoms with E-state index in [1.54, 1.807) is 7.11 Å². The summed E-state index contributed by atoms with van der Waals surface area (Å²) >= 11 is 0. The summed E-state index contributed by atoms with van der Waals surface area (Å²) in [6, 6.07) is 16.0. The maximum Gasteiger partial charge on any atom is 0.247 e. The predicted molar refractivity (Wildman–Crippen MR) is 119 cm³/mol. The molecule has 0 unspecified atom stereocenters. The van der Waals surface area contributed by atoms with Gasteiger partial charge in [0, 0.05) is 38.3 Å². The summed E-state index contributed by atoms with van der Waals surface area (Å²) in [5.74, 6) is 2.96. The molecule has 1 aliphatic heterocycles. The molecule has 1 aliphatic rings. The van der Waals surface area contributed by atoms with E-state index in [9.17, 15) is 0 Å². The second-order valence-corrected chi connectivity index (χ2v) is 7.89. The summed E-state index contributed by atoms with van der Waals surface area (Å²) in [4.78, 5) is 4.82. The first-order valence-electron chi connectivity index (χ1n) is 10.8. The molecule has 3 aromatic rings. The summed E-state index contributed by atoms with van der Waals surface area (Å²) in [7, 11) is 1.66. The van der Waals surface area contributed by atoms with Gasteiger partial charge in [0.2, 0.25) is 11.8 Å². The van der Waals surface area contributed by atoms with Crippen LogP contribution in [0.5, 0.6) is 11.5 Å². The smallest absolute Gasteiger partial charge is 0.247 e. The van der Waals surface area contributed by atoms with E-state index >= 15 is 0 Å². The van der Waals surface area contributed by atoms with Crippen molar-refractivity contribution in [3.05, 3.63) is 60.0 Å². The average molecular weight is 423 g/mol. The molecule has 31 heavy (non-hydrogen) atoms. The maximum atomic E-state index is 5.98. The lowest BCUT2D eigenvalue weighted by molar-refractivity contribution is 0.0827. The summed E-state index contributed by atoms with van der Waals surface area (Å²) in [5, 5.41) is 8.55. The van der Waals surface area contributed by atoms with Gasteiger partial charge in [0.1, 0.15) is 18.1 Å². The van der Waals surface area contributed by atoms with E-state index in [-0.39, 0.29) is 6.04 Å². The van der Waals surface area contributed by atoms with E-state index in [2.05, 4.69) is 46.0 Å². The second-order valence-electron chi connectivity index (χ2n) is 7.89. The summed E-state index contributed by atoms with van der Waals surface area (Å²) < 4.78 is 17.0. The summed E-state index contributed by atoms with van der Waals surface area (Å²) in [5.41, 5.74) is 2.17. The Morgan fingerprint density at radius 3 is 2.29 bits per heavy atom. The van der Waals surface area contributed by atoms with Crippen LogP contribution in [0, 0.1) is 6.92 Å². The molecule has 2 aromatic carbocycles. The van der Waals surface area contributed by atoms with Crippen LogP contribution in [-0.2, 0) is 0 Å². The van der Waals surface area contributed by atoms with Crippen LogP contribution >= 0.6 is 0 Å². The van der Waals surface area contributed by atoms with Crippen LogP contribution in [0.2, 0.25) is 0 Å². The Labute approximate surface area is 183 Å². The highest BCUT2D eigenvalue weighted by Gasteiger charge is 2.25. The molecule has 7 heteroatoms. The van der Waals surface area contributed by atoms with E-state index in [1.165, 1.54) is 5.56 Å². The molecule has 0 spiro atoms. The third-order valence-corrected chi connectivity index (χ3v) is 5.79. The first-order chi connectivity index (χ1) is 15.1. The van der Waals surface area contributed by atoms with Crippen LogP contribution in [0.25, 0.3) is 11.5 Å². The van der Waals surface area contributed by atoms with E-state index < -0.39 is 0 Å². The molecule has 4 rings (SSSR count). The van der Waals surface area contributed by atoms with Crippen molar-refractivity contribution in [2.45, 2.75) is 19.9 Å². The Balaban J connectivity index is 1.23. The average Bonchev–Trinajstić information content (AvgIpc) is 3.30. The molecule has 1 aromatic heterocycles. The third-order valence-electron chi connectivity index (χ3n) is 5.79. The SMILES string of the molecule is COc1ccc(OCCN2CCN([C@H](C)c3nnc(-c4ccc(C)cc4)o3)CC2)cc1. The molecular weight excluding hydrogens is 392 g/mol. The highest BCUT2D eigenvalue weighted by atomic mass is 16.5. The lowest BCUT2D eigenvalue weighted by Crippen LogP contribution is -2.48. The van der Waals surface area contributed by atoms with Gasteiger partial charge in [0.25, 0.3) is 0 Å². The van der Waals surface area contributed by atoms with E-state index in [4.69, 9.17) is 13.9 Å². The van der Waals surface area contributed by atoms with Gasteiger partial charge in [-0.1, -0.05) is 17.7 Å².